The minimum absolute atomic E-state index is 0.0409. The van der Waals surface area contributed by atoms with E-state index < -0.39 is 0 Å². The molecule has 94 valence electrons. The highest BCUT2D eigenvalue weighted by molar-refractivity contribution is 5.81. The minimum atomic E-state index is 0.0409. The quantitative estimate of drug-likeness (QED) is 0.682. The lowest BCUT2D eigenvalue weighted by Gasteiger charge is -2.20. The number of rotatable bonds is 6. The summed E-state index contributed by atoms with van der Waals surface area (Å²) in [5, 5.41) is 6.42. The highest BCUT2D eigenvalue weighted by Gasteiger charge is 2.21. The van der Waals surface area contributed by atoms with Gasteiger partial charge in [0.1, 0.15) is 0 Å². The fourth-order valence-corrected chi connectivity index (χ4v) is 2.23. The second-order valence-corrected chi connectivity index (χ2v) is 4.90. The average molecular weight is 226 g/mol. The lowest BCUT2D eigenvalue weighted by Crippen LogP contribution is -2.46. The van der Waals surface area contributed by atoms with E-state index in [0.29, 0.717) is 6.04 Å². The molecule has 0 aromatic rings. The van der Waals surface area contributed by atoms with Crippen LogP contribution in [0, 0.1) is 0 Å². The molecule has 1 rings (SSSR count). The molecule has 0 saturated carbocycles. The molecular formula is C13H26N2O. The molecule has 1 amide bonds. The van der Waals surface area contributed by atoms with E-state index in [1.54, 1.807) is 0 Å². The second-order valence-electron chi connectivity index (χ2n) is 4.90. The van der Waals surface area contributed by atoms with Gasteiger partial charge in [-0.1, -0.05) is 26.2 Å². The number of hydrogen-bond donors (Lipinski definition) is 2. The molecule has 16 heavy (non-hydrogen) atoms. The number of amides is 1. The summed E-state index contributed by atoms with van der Waals surface area (Å²) < 4.78 is 0. The maximum Gasteiger partial charge on any atom is 0.237 e. The van der Waals surface area contributed by atoms with Crippen molar-refractivity contribution in [2.24, 2.45) is 0 Å². The number of unbranched alkanes of at least 4 members (excludes halogenated alkanes) is 2. The predicted molar refractivity (Wildman–Crippen MR) is 67.4 cm³/mol. The van der Waals surface area contributed by atoms with Gasteiger partial charge in [-0.2, -0.15) is 0 Å². The first-order valence-corrected chi connectivity index (χ1v) is 6.77. The van der Waals surface area contributed by atoms with E-state index in [0.717, 1.165) is 25.8 Å². The normalized spacial score (nSPS) is 23.6. The van der Waals surface area contributed by atoms with Gasteiger partial charge in [-0.25, -0.2) is 0 Å². The van der Waals surface area contributed by atoms with Gasteiger partial charge in [-0.05, 0) is 32.6 Å². The van der Waals surface area contributed by atoms with Crippen molar-refractivity contribution in [3.63, 3.8) is 0 Å². The highest BCUT2D eigenvalue weighted by Crippen LogP contribution is 2.09. The van der Waals surface area contributed by atoms with E-state index in [-0.39, 0.29) is 11.9 Å². The summed E-state index contributed by atoms with van der Waals surface area (Å²) in [5.74, 6) is 0.194. The molecular weight excluding hydrogens is 200 g/mol. The van der Waals surface area contributed by atoms with E-state index >= 15 is 0 Å². The van der Waals surface area contributed by atoms with Crippen LogP contribution in [0.25, 0.3) is 0 Å². The molecule has 2 atom stereocenters. The van der Waals surface area contributed by atoms with Crippen LogP contribution in [0.4, 0.5) is 0 Å². The molecule has 3 nitrogen and oxygen atoms in total. The first-order valence-electron chi connectivity index (χ1n) is 6.77. The third-order valence-electron chi connectivity index (χ3n) is 3.26. The van der Waals surface area contributed by atoms with Gasteiger partial charge in [0.15, 0.2) is 0 Å². The summed E-state index contributed by atoms with van der Waals surface area (Å²) >= 11 is 0. The third kappa shape index (κ3) is 4.97. The molecule has 1 saturated heterocycles. The van der Waals surface area contributed by atoms with Gasteiger partial charge in [-0.15, -0.1) is 0 Å². The molecule has 1 heterocycles. The van der Waals surface area contributed by atoms with Gasteiger partial charge in [0.25, 0.3) is 0 Å². The first-order chi connectivity index (χ1) is 7.74. The second kappa shape index (κ2) is 7.66. The standard InChI is InChI=1S/C13H26N2O/c1-3-4-5-8-11(2)15-12-9-6-7-10-14-13(12)16/h11-12,15H,3-10H2,1-2H3,(H,14,16). The van der Waals surface area contributed by atoms with E-state index in [1.807, 2.05) is 0 Å². The van der Waals surface area contributed by atoms with Gasteiger partial charge in [0.05, 0.1) is 6.04 Å². The molecule has 2 unspecified atom stereocenters. The van der Waals surface area contributed by atoms with Crippen molar-refractivity contribution in [1.82, 2.24) is 10.6 Å². The third-order valence-corrected chi connectivity index (χ3v) is 3.26. The van der Waals surface area contributed by atoms with Crippen molar-refractivity contribution in [2.45, 2.75) is 70.9 Å². The fraction of sp³-hybridized carbons (Fsp3) is 0.923. The molecule has 0 bridgehead atoms. The predicted octanol–water partition coefficient (Wildman–Crippen LogP) is 2.21. The first kappa shape index (κ1) is 13.5. The Bertz CT molecular complexity index is 206. The zero-order valence-electron chi connectivity index (χ0n) is 10.7. The highest BCUT2D eigenvalue weighted by atomic mass is 16.2. The van der Waals surface area contributed by atoms with Gasteiger partial charge in [-0.3, -0.25) is 4.79 Å². The summed E-state index contributed by atoms with van der Waals surface area (Å²) in [6, 6.07) is 0.500. The zero-order valence-corrected chi connectivity index (χ0v) is 10.7. The Hall–Kier alpha value is -0.570. The Morgan fingerprint density at radius 2 is 2.25 bits per heavy atom. The Labute approximate surface area is 99.4 Å². The summed E-state index contributed by atoms with van der Waals surface area (Å²) in [6.07, 6.45) is 8.26. The largest absolute Gasteiger partial charge is 0.355 e. The van der Waals surface area contributed by atoms with Crippen molar-refractivity contribution in [3.8, 4) is 0 Å². The van der Waals surface area contributed by atoms with Crippen LogP contribution in [0.1, 0.15) is 58.8 Å². The van der Waals surface area contributed by atoms with E-state index in [2.05, 4.69) is 24.5 Å². The molecule has 0 radical (unpaired) electrons. The number of carbonyl (C=O) groups is 1. The Balaban J connectivity index is 2.24. The van der Waals surface area contributed by atoms with Gasteiger partial charge < -0.3 is 10.6 Å². The smallest absolute Gasteiger partial charge is 0.237 e. The van der Waals surface area contributed by atoms with Crippen LogP contribution >= 0.6 is 0 Å². The molecule has 0 aromatic heterocycles. The summed E-state index contributed by atoms with van der Waals surface area (Å²) in [6.45, 7) is 5.26. The van der Waals surface area contributed by atoms with Crippen molar-refractivity contribution in [3.05, 3.63) is 0 Å². The molecule has 1 fully saturated rings. The lowest BCUT2D eigenvalue weighted by atomic mass is 10.1. The van der Waals surface area contributed by atoms with E-state index in [4.69, 9.17) is 0 Å². The van der Waals surface area contributed by atoms with Gasteiger partial charge in [0.2, 0.25) is 5.91 Å². The SMILES string of the molecule is CCCCCC(C)NC1CCCCNC1=O. The molecule has 2 N–H and O–H groups in total. The van der Waals surface area contributed by atoms with Crippen molar-refractivity contribution in [2.75, 3.05) is 6.54 Å². The summed E-state index contributed by atoms with van der Waals surface area (Å²) in [4.78, 5) is 11.7. The monoisotopic (exact) mass is 226 g/mol. The Morgan fingerprint density at radius 3 is 3.00 bits per heavy atom. The molecule has 1 aliphatic heterocycles. The number of carbonyl (C=O) groups excluding carboxylic acids is 1. The van der Waals surface area contributed by atoms with E-state index in [1.165, 1.54) is 25.7 Å². The molecule has 0 aliphatic carbocycles. The van der Waals surface area contributed by atoms with Crippen molar-refractivity contribution < 1.29 is 4.79 Å². The van der Waals surface area contributed by atoms with Gasteiger partial charge in [0, 0.05) is 12.6 Å². The topological polar surface area (TPSA) is 41.1 Å². The van der Waals surface area contributed by atoms with Crippen LogP contribution in [-0.2, 0) is 4.79 Å². The van der Waals surface area contributed by atoms with Crippen LogP contribution in [-0.4, -0.2) is 24.5 Å². The molecule has 1 aliphatic rings. The molecule has 0 aromatic carbocycles. The zero-order chi connectivity index (χ0) is 11.8. The average Bonchev–Trinajstić information content (AvgIpc) is 2.45. The minimum Gasteiger partial charge on any atom is -0.355 e. The maximum absolute atomic E-state index is 11.7. The van der Waals surface area contributed by atoms with Crippen LogP contribution in [0.15, 0.2) is 0 Å². The number of hydrogen-bond acceptors (Lipinski definition) is 2. The van der Waals surface area contributed by atoms with Crippen LogP contribution in [0.2, 0.25) is 0 Å². The number of nitrogens with one attached hydrogen (secondary N) is 2. The summed E-state index contributed by atoms with van der Waals surface area (Å²) in [7, 11) is 0. The lowest BCUT2D eigenvalue weighted by molar-refractivity contribution is -0.123. The van der Waals surface area contributed by atoms with Crippen LogP contribution in [0.5, 0.6) is 0 Å². The van der Waals surface area contributed by atoms with Crippen molar-refractivity contribution >= 4 is 5.91 Å². The Kier molecular flexibility index (Phi) is 6.46. The molecule has 0 spiro atoms. The summed E-state index contributed by atoms with van der Waals surface area (Å²) in [5.41, 5.74) is 0. The maximum atomic E-state index is 11.7. The van der Waals surface area contributed by atoms with E-state index in [9.17, 15) is 4.79 Å². The van der Waals surface area contributed by atoms with Gasteiger partial charge >= 0.3 is 0 Å². The fourth-order valence-electron chi connectivity index (χ4n) is 2.23. The Morgan fingerprint density at radius 1 is 1.44 bits per heavy atom. The van der Waals surface area contributed by atoms with Crippen LogP contribution in [0.3, 0.4) is 0 Å². The van der Waals surface area contributed by atoms with Crippen molar-refractivity contribution in [1.29, 1.82) is 0 Å². The molecule has 3 heteroatoms. The van der Waals surface area contributed by atoms with Crippen LogP contribution < -0.4 is 10.6 Å².